The summed E-state index contributed by atoms with van der Waals surface area (Å²) in [6.07, 6.45) is 4.72. The van der Waals surface area contributed by atoms with Crippen LogP contribution in [-0.2, 0) is 14.2 Å². The Morgan fingerprint density at radius 1 is 1.40 bits per heavy atom. The zero-order valence-corrected chi connectivity index (χ0v) is 13.4. The Hall–Kier alpha value is -0.440. The summed E-state index contributed by atoms with van der Waals surface area (Å²) >= 11 is 1.40. The van der Waals surface area contributed by atoms with Gasteiger partial charge in [-0.05, 0) is 19.3 Å². The summed E-state index contributed by atoms with van der Waals surface area (Å²) in [5, 5.41) is 13.8. The number of ether oxygens (including phenoxy) is 3. The van der Waals surface area contributed by atoms with Crippen LogP contribution in [0.3, 0.4) is 0 Å². The zero-order valence-electron chi connectivity index (χ0n) is 12.6. The van der Waals surface area contributed by atoms with Gasteiger partial charge >= 0.3 is 0 Å². The number of methoxy groups -OCH3 is 1. The van der Waals surface area contributed by atoms with Crippen molar-refractivity contribution in [2.24, 2.45) is 5.73 Å². The molecule has 1 aliphatic rings. The van der Waals surface area contributed by atoms with Crippen molar-refractivity contribution >= 4 is 17.3 Å². The third-order valence-electron chi connectivity index (χ3n) is 2.03. The van der Waals surface area contributed by atoms with Gasteiger partial charge in [-0.25, -0.2) is 0 Å². The Kier molecular flexibility index (Phi) is 20.3. The van der Waals surface area contributed by atoms with Gasteiger partial charge in [0.1, 0.15) is 0 Å². The van der Waals surface area contributed by atoms with Crippen LogP contribution in [0.25, 0.3) is 0 Å². The first-order chi connectivity index (χ1) is 9.74. The molecule has 20 heavy (non-hydrogen) atoms. The average molecular weight is 308 g/mol. The largest absolute Gasteiger partial charge is 0.400 e. The summed E-state index contributed by atoms with van der Waals surface area (Å²) in [4.78, 5) is 1.11. The van der Waals surface area contributed by atoms with Gasteiger partial charge in [0, 0.05) is 19.1 Å². The first-order valence-electron chi connectivity index (χ1n) is 6.51. The summed E-state index contributed by atoms with van der Waals surface area (Å²) in [5.41, 5.74) is 6.61. The summed E-state index contributed by atoms with van der Waals surface area (Å²) in [6.45, 7) is 4.16. The highest BCUT2D eigenvalue weighted by molar-refractivity contribution is 8.15. The van der Waals surface area contributed by atoms with Crippen LogP contribution in [0.4, 0.5) is 0 Å². The number of nitrogens with two attached hydrogens (primary N) is 1. The van der Waals surface area contributed by atoms with E-state index in [1.807, 2.05) is 0 Å². The van der Waals surface area contributed by atoms with E-state index in [9.17, 15) is 0 Å². The van der Waals surface area contributed by atoms with Crippen LogP contribution in [0.2, 0.25) is 0 Å². The molecule has 1 rings (SSSR count). The highest BCUT2D eigenvalue weighted by atomic mass is 32.2. The van der Waals surface area contributed by atoms with E-state index in [0.29, 0.717) is 6.61 Å². The second kappa shape index (κ2) is 18.6. The van der Waals surface area contributed by atoms with Crippen molar-refractivity contribution in [3.63, 3.8) is 0 Å². The second-order valence-electron chi connectivity index (χ2n) is 3.56. The van der Waals surface area contributed by atoms with E-state index in [0.717, 1.165) is 44.5 Å². The van der Waals surface area contributed by atoms with E-state index in [-0.39, 0.29) is 0 Å². The fraction of sp³-hybridized carbons (Fsp3) is 0.769. The number of hydrogen-bond donors (Lipinski definition) is 3. The fourth-order valence-corrected chi connectivity index (χ4v) is 1.84. The molecule has 0 aromatic carbocycles. The summed E-state index contributed by atoms with van der Waals surface area (Å²) in [6, 6.07) is 0. The van der Waals surface area contributed by atoms with Crippen LogP contribution in [0.5, 0.6) is 0 Å². The van der Waals surface area contributed by atoms with E-state index >= 15 is 0 Å². The quantitative estimate of drug-likeness (QED) is 0.530. The molecule has 4 N–H and O–H groups in total. The van der Waals surface area contributed by atoms with E-state index in [2.05, 4.69) is 13.0 Å². The van der Waals surface area contributed by atoms with Crippen LogP contribution in [0.15, 0.2) is 11.0 Å². The smallest absolute Gasteiger partial charge is 0.213 e. The number of allylic oxidation sites excluding steroid dienone is 1. The van der Waals surface area contributed by atoms with Gasteiger partial charge in [-0.2, -0.15) is 0 Å². The molecule has 0 unspecified atom stereocenters. The van der Waals surface area contributed by atoms with Crippen molar-refractivity contribution in [3.05, 3.63) is 11.0 Å². The number of aliphatic hydroxyl groups is 1. The molecule has 6 nitrogen and oxygen atoms in total. The molecule has 0 aromatic heterocycles. The molecule has 120 valence electrons. The maximum Gasteiger partial charge on any atom is 0.213 e. The topological polar surface area (TPSA) is 97.8 Å². The van der Waals surface area contributed by atoms with Crippen molar-refractivity contribution in [2.75, 3.05) is 34.0 Å². The molecule has 0 radical (unpaired) electrons. The van der Waals surface area contributed by atoms with Crippen molar-refractivity contribution in [3.8, 4) is 0 Å². The molecular formula is C13H28N2O4S. The lowest BCUT2D eigenvalue weighted by molar-refractivity contribution is -0.121. The molecular weight excluding hydrogens is 280 g/mol. The molecule has 0 atom stereocenters. The normalized spacial score (nSPS) is 16.1. The Labute approximate surface area is 126 Å². The van der Waals surface area contributed by atoms with Gasteiger partial charge < -0.3 is 24.7 Å². The SMILES string of the molecule is CC/C=C(/COC)SC=N.CO.NC1OCCCCO1. The Balaban J connectivity index is 0. The van der Waals surface area contributed by atoms with Crippen LogP contribution in [0.1, 0.15) is 26.2 Å². The lowest BCUT2D eigenvalue weighted by Gasteiger charge is -2.06. The van der Waals surface area contributed by atoms with E-state index < -0.39 is 6.41 Å². The average Bonchev–Trinajstić information content (AvgIpc) is 2.70. The second-order valence-corrected chi connectivity index (χ2v) is 4.56. The molecule has 1 aliphatic heterocycles. The predicted octanol–water partition coefficient (Wildman–Crippen LogP) is 1.93. The third-order valence-corrected chi connectivity index (χ3v) is 2.74. The summed E-state index contributed by atoms with van der Waals surface area (Å²) in [7, 11) is 2.66. The molecule has 0 bridgehead atoms. The van der Waals surface area contributed by atoms with Crippen LogP contribution in [-0.4, -0.2) is 51.1 Å². The Morgan fingerprint density at radius 2 is 1.95 bits per heavy atom. The minimum absolute atomic E-state index is 0.475. The number of rotatable bonds is 5. The van der Waals surface area contributed by atoms with Gasteiger partial charge in [0.2, 0.25) is 6.41 Å². The number of aliphatic hydroxyl groups excluding tert-OH is 1. The maximum absolute atomic E-state index is 7.00. The molecule has 1 saturated heterocycles. The monoisotopic (exact) mass is 308 g/mol. The van der Waals surface area contributed by atoms with Gasteiger partial charge in [0.15, 0.2) is 0 Å². The number of nitrogens with one attached hydrogen (secondary N) is 1. The highest BCUT2D eigenvalue weighted by Crippen LogP contribution is 2.12. The van der Waals surface area contributed by atoms with E-state index in [1.54, 1.807) is 7.11 Å². The summed E-state index contributed by atoms with van der Waals surface area (Å²) in [5.74, 6) is 0. The van der Waals surface area contributed by atoms with Gasteiger partial charge in [0.25, 0.3) is 0 Å². The van der Waals surface area contributed by atoms with Crippen LogP contribution >= 0.6 is 11.8 Å². The number of hydrogen-bond acceptors (Lipinski definition) is 7. The molecule has 0 aliphatic carbocycles. The van der Waals surface area contributed by atoms with E-state index in [1.165, 1.54) is 17.3 Å². The van der Waals surface area contributed by atoms with Gasteiger partial charge in [0.05, 0.1) is 25.4 Å². The number of thioether (sulfide) groups is 1. The molecule has 0 spiro atoms. The van der Waals surface area contributed by atoms with Crippen LogP contribution in [0, 0.1) is 5.41 Å². The highest BCUT2D eigenvalue weighted by Gasteiger charge is 2.05. The molecule has 7 heteroatoms. The van der Waals surface area contributed by atoms with Crippen LogP contribution < -0.4 is 5.73 Å². The molecule has 0 saturated carbocycles. The standard InChI is InChI=1S/C7H13NOS.C5H11NO2.CH4O/c1-3-4-7(5-9-2)10-6-8;6-5-7-3-1-2-4-8-5;1-2/h4,6,8H,3,5H2,1-2H3;5H,1-4,6H2;2H,1H3/b7-4-,8-6?;;. The molecule has 0 aromatic rings. The molecule has 1 heterocycles. The molecule has 0 amide bonds. The lowest BCUT2D eigenvalue weighted by atomic mass is 10.3. The van der Waals surface area contributed by atoms with Gasteiger partial charge in [-0.15, -0.1) is 0 Å². The van der Waals surface area contributed by atoms with Crippen molar-refractivity contribution in [2.45, 2.75) is 32.6 Å². The first kappa shape index (κ1) is 21.9. The Morgan fingerprint density at radius 3 is 2.35 bits per heavy atom. The van der Waals surface area contributed by atoms with E-state index in [4.69, 9.17) is 30.5 Å². The maximum atomic E-state index is 7.00. The molecule has 1 fully saturated rings. The predicted molar refractivity (Wildman–Crippen MR) is 83.9 cm³/mol. The minimum atomic E-state index is -0.475. The van der Waals surface area contributed by atoms with Crippen molar-refractivity contribution < 1.29 is 19.3 Å². The first-order valence-corrected chi connectivity index (χ1v) is 7.39. The van der Waals surface area contributed by atoms with Gasteiger partial charge in [-0.1, -0.05) is 24.8 Å². The lowest BCUT2D eigenvalue weighted by Crippen LogP contribution is -2.25. The minimum Gasteiger partial charge on any atom is -0.400 e. The fourth-order valence-electron chi connectivity index (χ4n) is 1.24. The van der Waals surface area contributed by atoms with Crippen molar-refractivity contribution in [1.29, 1.82) is 5.41 Å². The van der Waals surface area contributed by atoms with Gasteiger partial charge in [-0.3, -0.25) is 5.73 Å². The zero-order chi connectivity index (χ0) is 15.6. The third kappa shape index (κ3) is 15.6. The summed E-state index contributed by atoms with van der Waals surface area (Å²) < 4.78 is 14.8. The van der Waals surface area contributed by atoms with Crippen molar-refractivity contribution in [1.82, 2.24) is 0 Å². The Bertz CT molecular complexity index is 232.